The maximum Gasteiger partial charge on any atom is 0.340 e. The van der Waals surface area contributed by atoms with E-state index in [0.29, 0.717) is 16.8 Å². The monoisotopic (exact) mass is 354 g/mol. The molecule has 3 rings (SSSR count). The number of ketones is 1. The minimum Gasteiger partial charge on any atom is -0.462 e. The number of H-pyrrole nitrogens is 1. The number of aromatic amines is 1. The second-order valence-corrected chi connectivity index (χ2v) is 6.01. The zero-order chi connectivity index (χ0) is 19.0. The Morgan fingerprint density at radius 3 is 2.19 bits per heavy atom. The number of carbonyl (C=O) groups excluding carboxylic acids is 4. The van der Waals surface area contributed by atoms with Gasteiger partial charge in [0.05, 0.1) is 35.5 Å². The predicted octanol–water partition coefficient (Wildman–Crippen LogP) is 2.29. The van der Waals surface area contributed by atoms with Gasteiger partial charge < -0.3 is 9.72 Å². The third-order valence-electron chi connectivity index (χ3n) is 4.38. The highest BCUT2D eigenvalue weighted by Crippen LogP contribution is 2.24. The molecule has 26 heavy (non-hydrogen) atoms. The molecule has 0 spiro atoms. The molecule has 0 bridgehead atoms. The van der Waals surface area contributed by atoms with Crippen LogP contribution in [-0.2, 0) is 4.74 Å². The maximum absolute atomic E-state index is 12.7. The zero-order valence-electron chi connectivity index (χ0n) is 14.7. The standard InChI is InChI=1S/C19H18N2O5/c1-4-26-19(25)15-10(2)16(20-11(15)3)14(22)9-21-17(23)12-7-5-6-8-13(12)18(21)24/h5-8,20H,4,9H2,1-3H3. The van der Waals surface area contributed by atoms with E-state index in [2.05, 4.69) is 4.98 Å². The van der Waals surface area contributed by atoms with E-state index < -0.39 is 30.1 Å². The molecule has 1 aliphatic heterocycles. The van der Waals surface area contributed by atoms with E-state index in [1.165, 1.54) is 0 Å². The molecule has 2 heterocycles. The zero-order valence-corrected chi connectivity index (χ0v) is 14.7. The van der Waals surface area contributed by atoms with Crippen LogP contribution in [0.2, 0.25) is 0 Å². The van der Waals surface area contributed by atoms with Crippen LogP contribution in [0, 0.1) is 13.8 Å². The predicted molar refractivity (Wildman–Crippen MR) is 92.4 cm³/mol. The largest absolute Gasteiger partial charge is 0.462 e. The Bertz CT molecular complexity index is 906. The van der Waals surface area contributed by atoms with Crippen molar-refractivity contribution in [2.24, 2.45) is 0 Å². The minimum atomic E-state index is -0.515. The molecule has 0 radical (unpaired) electrons. The molecule has 2 aromatic rings. The fourth-order valence-corrected chi connectivity index (χ4v) is 3.14. The molecule has 0 unspecified atom stereocenters. The first kappa shape index (κ1) is 17.6. The molecule has 1 aromatic heterocycles. The molecule has 1 N–H and O–H groups in total. The lowest BCUT2D eigenvalue weighted by Gasteiger charge is -2.12. The van der Waals surface area contributed by atoms with Gasteiger partial charge >= 0.3 is 5.97 Å². The number of esters is 1. The Hall–Kier alpha value is -3.22. The summed E-state index contributed by atoms with van der Waals surface area (Å²) in [7, 11) is 0. The van der Waals surface area contributed by atoms with Crippen molar-refractivity contribution in [1.82, 2.24) is 9.88 Å². The third-order valence-corrected chi connectivity index (χ3v) is 4.38. The van der Waals surface area contributed by atoms with Crippen LogP contribution in [-0.4, -0.2) is 46.6 Å². The Morgan fingerprint density at radius 1 is 1.08 bits per heavy atom. The quantitative estimate of drug-likeness (QED) is 0.505. The van der Waals surface area contributed by atoms with Gasteiger partial charge in [-0.2, -0.15) is 0 Å². The number of nitrogens with one attached hydrogen (secondary N) is 1. The molecular formula is C19H18N2O5. The maximum atomic E-state index is 12.7. The van der Waals surface area contributed by atoms with E-state index >= 15 is 0 Å². The van der Waals surface area contributed by atoms with Crippen molar-refractivity contribution in [3.05, 3.63) is 57.9 Å². The van der Waals surface area contributed by atoms with Crippen LogP contribution in [0.4, 0.5) is 0 Å². The lowest BCUT2D eigenvalue weighted by molar-refractivity contribution is 0.0523. The third kappa shape index (κ3) is 2.71. The second-order valence-electron chi connectivity index (χ2n) is 6.01. The molecule has 0 saturated carbocycles. The van der Waals surface area contributed by atoms with Crippen molar-refractivity contribution in [3.8, 4) is 0 Å². The van der Waals surface area contributed by atoms with Gasteiger partial charge in [-0.05, 0) is 38.5 Å². The molecule has 134 valence electrons. The van der Waals surface area contributed by atoms with Gasteiger partial charge in [-0.3, -0.25) is 19.3 Å². The Labute approximate surface area is 149 Å². The van der Waals surface area contributed by atoms with Gasteiger partial charge in [0, 0.05) is 5.69 Å². The number of nitrogens with zero attached hydrogens (tertiary/aromatic N) is 1. The molecule has 1 aliphatic rings. The summed E-state index contributed by atoms with van der Waals surface area (Å²) in [4.78, 5) is 53.3. The van der Waals surface area contributed by atoms with Crippen molar-refractivity contribution in [2.75, 3.05) is 13.2 Å². The molecule has 0 saturated heterocycles. The molecule has 1 aromatic carbocycles. The van der Waals surface area contributed by atoms with Crippen molar-refractivity contribution in [1.29, 1.82) is 0 Å². The van der Waals surface area contributed by atoms with Crippen LogP contribution in [0.1, 0.15) is 59.7 Å². The molecule has 0 fully saturated rings. The number of ether oxygens (including phenoxy) is 1. The summed E-state index contributed by atoms with van der Waals surface area (Å²) in [5, 5.41) is 0. The second kappa shape index (κ2) is 6.59. The summed E-state index contributed by atoms with van der Waals surface area (Å²) >= 11 is 0. The van der Waals surface area contributed by atoms with Crippen LogP contribution in [0.5, 0.6) is 0 Å². The van der Waals surface area contributed by atoms with E-state index in [-0.39, 0.29) is 23.4 Å². The van der Waals surface area contributed by atoms with Crippen LogP contribution < -0.4 is 0 Å². The first-order valence-corrected chi connectivity index (χ1v) is 8.21. The Kier molecular flexibility index (Phi) is 4.46. The first-order chi connectivity index (χ1) is 12.4. The van der Waals surface area contributed by atoms with Gasteiger partial charge in [0.2, 0.25) is 0 Å². The fourth-order valence-electron chi connectivity index (χ4n) is 3.14. The summed E-state index contributed by atoms with van der Waals surface area (Å²) in [6.45, 7) is 4.82. The number of aryl methyl sites for hydroxylation is 1. The van der Waals surface area contributed by atoms with Gasteiger partial charge in [-0.25, -0.2) is 4.79 Å². The van der Waals surface area contributed by atoms with Crippen LogP contribution >= 0.6 is 0 Å². The van der Waals surface area contributed by atoms with Crippen molar-refractivity contribution < 1.29 is 23.9 Å². The summed E-state index contributed by atoms with van der Waals surface area (Å²) in [5.41, 5.74) is 2.03. The normalized spacial score (nSPS) is 13.1. The van der Waals surface area contributed by atoms with Gasteiger partial charge in [-0.15, -0.1) is 0 Å². The first-order valence-electron chi connectivity index (χ1n) is 8.21. The fraction of sp³-hybridized carbons (Fsp3) is 0.263. The van der Waals surface area contributed by atoms with E-state index in [4.69, 9.17) is 4.74 Å². The van der Waals surface area contributed by atoms with Crippen LogP contribution in [0.25, 0.3) is 0 Å². The summed E-state index contributed by atoms with van der Waals surface area (Å²) in [6.07, 6.45) is 0. The number of rotatable bonds is 5. The van der Waals surface area contributed by atoms with E-state index in [1.807, 2.05) is 0 Å². The molecule has 0 atom stereocenters. The van der Waals surface area contributed by atoms with Gasteiger partial charge in [0.15, 0.2) is 5.78 Å². The molecular weight excluding hydrogens is 336 g/mol. The lowest BCUT2D eigenvalue weighted by atomic mass is 10.1. The number of carbonyl (C=O) groups is 4. The number of amides is 2. The average molecular weight is 354 g/mol. The van der Waals surface area contributed by atoms with Crippen molar-refractivity contribution in [3.63, 3.8) is 0 Å². The number of fused-ring (bicyclic) bond motifs is 1. The Morgan fingerprint density at radius 2 is 1.65 bits per heavy atom. The van der Waals surface area contributed by atoms with Crippen molar-refractivity contribution in [2.45, 2.75) is 20.8 Å². The number of hydrogen-bond donors (Lipinski definition) is 1. The summed E-state index contributed by atoms with van der Waals surface area (Å²) in [6, 6.07) is 6.45. The molecule has 0 aliphatic carbocycles. The lowest BCUT2D eigenvalue weighted by Crippen LogP contribution is -2.35. The smallest absolute Gasteiger partial charge is 0.340 e. The summed E-state index contributed by atoms with van der Waals surface area (Å²) < 4.78 is 5.00. The summed E-state index contributed by atoms with van der Waals surface area (Å²) in [5.74, 6) is -1.95. The molecule has 7 nitrogen and oxygen atoms in total. The number of aromatic nitrogens is 1. The number of hydrogen-bond acceptors (Lipinski definition) is 5. The highest BCUT2D eigenvalue weighted by molar-refractivity contribution is 6.23. The van der Waals surface area contributed by atoms with E-state index in [9.17, 15) is 19.2 Å². The van der Waals surface area contributed by atoms with E-state index in [1.54, 1.807) is 45.0 Å². The van der Waals surface area contributed by atoms with Crippen LogP contribution in [0.3, 0.4) is 0 Å². The van der Waals surface area contributed by atoms with Gasteiger partial charge in [0.25, 0.3) is 11.8 Å². The highest BCUT2D eigenvalue weighted by Gasteiger charge is 2.37. The minimum absolute atomic E-state index is 0.196. The molecule has 2 amide bonds. The highest BCUT2D eigenvalue weighted by atomic mass is 16.5. The number of imide groups is 1. The van der Waals surface area contributed by atoms with Crippen molar-refractivity contribution >= 4 is 23.6 Å². The topological polar surface area (TPSA) is 96.5 Å². The SMILES string of the molecule is CCOC(=O)c1c(C)[nH]c(C(=O)CN2C(=O)c3ccccc3C2=O)c1C. The number of Topliss-reactive ketones (excluding diaryl/α,β-unsaturated/α-hetero) is 1. The van der Waals surface area contributed by atoms with Crippen LogP contribution in [0.15, 0.2) is 24.3 Å². The van der Waals surface area contributed by atoms with Gasteiger partial charge in [0.1, 0.15) is 0 Å². The van der Waals surface area contributed by atoms with E-state index in [0.717, 1.165) is 4.90 Å². The molecule has 7 heteroatoms. The number of benzene rings is 1. The Balaban J connectivity index is 1.86. The average Bonchev–Trinajstić information content (AvgIpc) is 3.04. The van der Waals surface area contributed by atoms with Gasteiger partial charge in [-0.1, -0.05) is 12.1 Å².